The number of aromatic nitrogens is 2. The lowest BCUT2D eigenvalue weighted by atomic mass is 9.78. The summed E-state index contributed by atoms with van der Waals surface area (Å²) in [6, 6.07) is 4.31. The average molecular weight is 290 g/mol. The van der Waals surface area contributed by atoms with Crippen LogP contribution < -0.4 is 0 Å². The largest absolute Gasteiger partial charge is 0.391 e. The smallest absolute Gasteiger partial charge is 0.150 e. The van der Waals surface area contributed by atoms with Crippen molar-refractivity contribution in [3.05, 3.63) is 29.9 Å². The van der Waals surface area contributed by atoms with Gasteiger partial charge in [-0.05, 0) is 42.5 Å². The van der Waals surface area contributed by atoms with Gasteiger partial charge in [0.1, 0.15) is 5.82 Å². The Morgan fingerprint density at radius 3 is 2.95 bits per heavy atom. The van der Waals surface area contributed by atoms with Gasteiger partial charge in [0.2, 0.25) is 0 Å². The molecule has 108 valence electrons. The Hall–Kier alpha value is -1.13. The molecule has 3 rings (SSSR count). The second kappa shape index (κ2) is 5.70. The van der Waals surface area contributed by atoms with Crippen molar-refractivity contribution in [3.8, 4) is 10.7 Å². The summed E-state index contributed by atoms with van der Waals surface area (Å²) in [4.78, 5) is 5.68. The summed E-state index contributed by atoms with van der Waals surface area (Å²) in [5, 5.41) is 12.5. The SMILES string of the molecule is CC(C)C1CCC(O)C(n2ccnc2-c2cccs2)C1. The normalized spacial score (nSPS) is 27.1. The number of hydrogen-bond donors (Lipinski definition) is 1. The van der Waals surface area contributed by atoms with Gasteiger partial charge in [-0.1, -0.05) is 19.9 Å². The van der Waals surface area contributed by atoms with Crippen LogP contribution in [0.15, 0.2) is 29.9 Å². The molecular formula is C16H22N2OS. The van der Waals surface area contributed by atoms with Crippen LogP contribution in [-0.2, 0) is 0 Å². The van der Waals surface area contributed by atoms with Crippen molar-refractivity contribution in [2.24, 2.45) is 11.8 Å². The first kappa shape index (κ1) is 13.8. The fraction of sp³-hybridized carbons (Fsp3) is 0.562. The quantitative estimate of drug-likeness (QED) is 0.929. The van der Waals surface area contributed by atoms with E-state index in [9.17, 15) is 5.11 Å². The van der Waals surface area contributed by atoms with Gasteiger partial charge in [0.15, 0.2) is 0 Å². The van der Waals surface area contributed by atoms with Gasteiger partial charge in [0, 0.05) is 12.4 Å². The Morgan fingerprint density at radius 1 is 1.40 bits per heavy atom. The van der Waals surface area contributed by atoms with Crippen LogP contribution in [-0.4, -0.2) is 20.8 Å². The highest BCUT2D eigenvalue weighted by atomic mass is 32.1. The number of hydrogen-bond acceptors (Lipinski definition) is 3. The van der Waals surface area contributed by atoms with E-state index >= 15 is 0 Å². The standard InChI is InChI=1S/C16H22N2OS/c1-11(2)12-5-6-14(19)13(10-12)18-8-7-17-16(18)15-4-3-9-20-15/h3-4,7-9,11-14,19H,5-6,10H2,1-2H3. The van der Waals surface area contributed by atoms with E-state index in [4.69, 9.17) is 0 Å². The molecule has 0 bridgehead atoms. The van der Waals surface area contributed by atoms with E-state index in [1.807, 2.05) is 18.5 Å². The topological polar surface area (TPSA) is 38.0 Å². The summed E-state index contributed by atoms with van der Waals surface area (Å²) < 4.78 is 2.19. The van der Waals surface area contributed by atoms with Crippen LogP contribution >= 0.6 is 11.3 Å². The fourth-order valence-corrected chi connectivity index (χ4v) is 3.97. The Balaban J connectivity index is 1.90. The maximum atomic E-state index is 10.4. The van der Waals surface area contributed by atoms with Gasteiger partial charge in [-0.25, -0.2) is 4.98 Å². The first-order chi connectivity index (χ1) is 9.66. The Morgan fingerprint density at radius 2 is 2.25 bits per heavy atom. The third-order valence-corrected chi connectivity index (χ3v) is 5.40. The van der Waals surface area contributed by atoms with Crippen molar-refractivity contribution in [1.29, 1.82) is 0 Å². The third-order valence-electron chi connectivity index (χ3n) is 4.53. The van der Waals surface area contributed by atoms with E-state index in [0.717, 1.165) is 25.1 Å². The molecule has 0 radical (unpaired) electrons. The number of aliphatic hydroxyl groups excluding tert-OH is 1. The molecule has 1 aliphatic carbocycles. The van der Waals surface area contributed by atoms with Crippen LogP contribution in [0.3, 0.4) is 0 Å². The summed E-state index contributed by atoms with van der Waals surface area (Å²) in [6.45, 7) is 4.57. The second-order valence-corrected chi connectivity index (χ2v) is 7.03. The molecule has 0 spiro atoms. The monoisotopic (exact) mass is 290 g/mol. The van der Waals surface area contributed by atoms with Crippen molar-refractivity contribution >= 4 is 11.3 Å². The molecule has 3 unspecified atom stereocenters. The van der Waals surface area contributed by atoms with Gasteiger partial charge in [-0.15, -0.1) is 11.3 Å². The summed E-state index contributed by atoms with van der Waals surface area (Å²) >= 11 is 1.70. The summed E-state index contributed by atoms with van der Waals surface area (Å²) in [7, 11) is 0. The maximum Gasteiger partial charge on any atom is 0.150 e. The van der Waals surface area contributed by atoms with Gasteiger partial charge in [0.05, 0.1) is 17.0 Å². The molecule has 2 heterocycles. The molecule has 1 saturated carbocycles. The van der Waals surface area contributed by atoms with Crippen LogP contribution in [0.25, 0.3) is 10.7 Å². The highest BCUT2D eigenvalue weighted by Crippen LogP contribution is 2.38. The average Bonchev–Trinajstić information content (AvgIpc) is 3.09. The number of imidazole rings is 1. The number of nitrogens with zero attached hydrogens (tertiary/aromatic N) is 2. The first-order valence-corrected chi connectivity index (χ1v) is 8.29. The van der Waals surface area contributed by atoms with Crippen LogP contribution in [0.1, 0.15) is 39.2 Å². The molecular weight excluding hydrogens is 268 g/mol. The molecule has 20 heavy (non-hydrogen) atoms. The predicted molar refractivity (Wildman–Crippen MR) is 82.8 cm³/mol. The van der Waals surface area contributed by atoms with Crippen molar-refractivity contribution in [1.82, 2.24) is 9.55 Å². The molecule has 1 aliphatic rings. The summed E-state index contributed by atoms with van der Waals surface area (Å²) in [5.41, 5.74) is 0. The minimum atomic E-state index is -0.252. The van der Waals surface area contributed by atoms with E-state index in [0.29, 0.717) is 11.8 Å². The molecule has 2 aromatic heterocycles. The highest BCUT2D eigenvalue weighted by molar-refractivity contribution is 7.13. The molecule has 0 amide bonds. The van der Waals surface area contributed by atoms with Gasteiger partial charge < -0.3 is 9.67 Å². The molecule has 1 N–H and O–H groups in total. The number of thiophene rings is 1. The van der Waals surface area contributed by atoms with E-state index < -0.39 is 0 Å². The minimum Gasteiger partial charge on any atom is -0.391 e. The lowest BCUT2D eigenvalue weighted by Crippen LogP contribution is -2.33. The zero-order valence-electron chi connectivity index (χ0n) is 12.1. The maximum absolute atomic E-state index is 10.4. The molecule has 0 aliphatic heterocycles. The minimum absolute atomic E-state index is 0.163. The Labute approximate surface area is 124 Å². The molecule has 3 atom stereocenters. The predicted octanol–water partition coefficient (Wildman–Crippen LogP) is 3.97. The lowest BCUT2D eigenvalue weighted by Gasteiger charge is -2.36. The fourth-order valence-electron chi connectivity index (χ4n) is 3.24. The van der Waals surface area contributed by atoms with Crippen molar-refractivity contribution in [2.75, 3.05) is 0 Å². The van der Waals surface area contributed by atoms with E-state index in [1.165, 1.54) is 4.88 Å². The zero-order valence-corrected chi connectivity index (χ0v) is 12.9. The van der Waals surface area contributed by atoms with Crippen LogP contribution in [0.2, 0.25) is 0 Å². The van der Waals surface area contributed by atoms with E-state index in [2.05, 4.69) is 34.8 Å². The summed E-state index contributed by atoms with van der Waals surface area (Å²) in [6.07, 6.45) is 6.70. The zero-order chi connectivity index (χ0) is 14.1. The van der Waals surface area contributed by atoms with Crippen molar-refractivity contribution in [2.45, 2.75) is 45.3 Å². The van der Waals surface area contributed by atoms with Gasteiger partial charge >= 0.3 is 0 Å². The number of rotatable bonds is 3. The third kappa shape index (κ3) is 2.54. The molecule has 4 heteroatoms. The molecule has 0 saturated heterocycles. The number of aliphatic hydroxyl groups is 1. The molecule has 2 aromatic rings. The molecule has 3 nitrogen and oxygen atoms in total. The van der Waals surface area contributed by atoms with E-state index in [-0.39, 0.29) is 12.1 Å². The van der Waals surface area contributed by atoms with Gasteiger partial charge in [-0.3, -0.25) is 0 Å². The lowest BCUT2D eigenvalue weighted by molar-refractivity contribution is 0.0444. The summed E-state index contributed by atoms with van der Waals surface area (Å²) in [5.74, 6) is 2.37. The molecule has 1 fully saturated rings. The van der Waals surface area contributed by atoms with Crippen molar-refractivity contribution < 1.29 is 5.11 Å². The second-order valence-electron chi connectivity index (χ2n) is 6.09. The Kier molecular flexibility index (Phi) is 3.94. The van der Waals surface area contributed by atoms with Crippen molar-refractivity contribution in [3.63, 3.8) is 0 Å². The first-order valence-electron chi connectivity index (χ1n) is 7.41. The van der Waals surface area contributed by atoms with E-state index in [1.54, 1.807) is 11.3 Å². The molecule has 0 aromatic carbocycles. The van der Waals surface area contributed by atoms with Crippen LogP contribution in [0.5, 0.6) is 0 Å². The highest BCUT2D eigenvalue weighted by Gasteiger charge is 2.32. The van der Waals surface area contributed by atoms with Crippen LogP contribution in [0, 0.1) is 11.8 Å². The van der Waals surface area contributed by atoms with Crippen LogP contribution in [0.4, 0.5) is 0 Å². The van der Waals surface area contributed by atoms with Gasteiger partial charge in [0.25, 0.3) is 0 Å². The Bertz CT molecular complexity index is 547. The van der Waals surface area contributed by atoms with Gasteiger partial charge in [-0.2, -0.15) is 0 Å².